The van der Waals surface area contributed by atoms with Crippen molar-refractivity contribution < 1.29 is 14.3 Å². The summed E-state index contributed by atoms with van der Waals surface area (Å²) in [6.45, 7) is 2.92. The number of amides is 1. The molecular weight excluding hydrogens is 242 g/mol. The van der Waals surface area contributed by atoms with Crippen molar-refractivity contribution in [2.45, 2.75) is 13.8 Å². The first-order chi connectivity index (χ1) is 7.95. The molecule has 1 amide bonds. The average molecular weight is 256 g/mol. The van der Waals surface area contributed by atoms with E-state index in [4.69, 9.17) is 16.3 Å². The topological polar surface area (TPSA) is 55.4 Å². The monoisotopic (exact) mass is 255 g/mol. The summed E-state index contributed by atoms with van der Waals surface area (Å²) in [5.74, 6) is -0.765. The van der Waals surface area contributed by atoms with E-state index in [0.29, 0.717) is 16.5 Å². The van der Waals surface area contributed by atoms with Crippen molar-refractivity contribution in [1.29, 1.82) is 0 Å². The van der Waals surface area contributed by atoms with Gasteiger partial charge < -0.3 is 10.1 Å². The predicted octanol–water partition coefficient (Wildman–Crippen LogP) is 2.51. The molecule has 0 aliphatic heterocycles. The summed E-state index contributed by atoms with van der Waals surface area (Å²) in [6, 6.07) is 4.88. The molecule has 0 radical (unpaired) electrons. The molecule has 0 aliphatic carbocycles. The van der Waals surface area contributed by atoms with E-state index in [1.807, 2.05) is 0 Å². The number of halogens is 1. The number of nitrogens with one attached hydrogen (secondary N) is 1. The minimum Gasteiger partial charge on any atom is -0.495 e. The van der Waals surface area contributed by atoms with Gasteiger partial charge in [-0.05, 0) is 32.0 Å². The summed E-state index contributed by atoms with van der Waals surface area (Å²) in [5.41, 5.74) is 0.457. The molecular formula is C12H14ClNO3. The fourth-order valence-electron chi connectivity index (χ4n) is 1.20. The van der Waals surface area contributed by atoms with E-state index >= 15 is 0 Å². The van der Waals surface area contributed by atoms with Crippen molar-refractivity contribution in [3.05, 3.63) is 23.2 Å². The van der Waals surface area contributed by atoms with Gasteiger partial charge in [0.1, 0.15) is 11.5 Å². The van der Waals surface area contributed by atoms with Crippen LogP contribution in [0.4, 0.5) is 5.69 Å². The summed E-state index contributed by atoms with van der Waals surface area (Å²) >= 11 is 5.83. The van der Waals surface area contributed by atoms with Crippen LogP contribution in [-0.2, 0) is 9.59 Å². The second-order valence-electron chi connectivity index (χ2n) is 3.67. The van der Waals surface area contributed by atoms with Crippen molar-refractivity contribution in [2.24, 2.45) is 5.92 Å². The van der Waals surface area contributed by atoms with Crippen LogP contribution in [0.25, 0.3) is 0 Å². The molecule has 17 heavy (non-hydrogen) atoms. The van der Waals surface area contributed by atoms with Crippen molar-refractivity contribution >= 4 is 29.0 Å². The largest absolute Gasteiger partial charge is 0.495 e. The molecule has 0 saturated carbocycles. The first kappa shape index (κ1) is 13.5. The summed E-state index contributed by atoms with van der Waals surface area (Å²) in [4.78, 5) is 22.8. The van der Waals surface area contributed by atoms with Crippen LogP contribution in [-0.4, -0.2) is 18.8 Å². The molecule has 0 heterocycles. The highest BCUT2D eigenvalue weighted by Crippen LogP contribution is 2.28. The molecule has 0 spiro atoms. The van der Waals surface area contributed by atoms with Gasteiger partial charge in [-0.2, -0.15) is 0 Å². The van der Waals surface area contributed by atoms with E-state index in [1.54, 1.807) is 25.1 Å². The van der Waals surface area contributed by atoms with Gasteiger partial charge in [0.25, 0.3) is 0 Å². The molecule has 1 rings (SSSR count). The fraction of sp³-hybridized carbons (Fsp3) is 0.333. The molecule has 1 aromatic rings. The molecule has 1 N–H and O–H groups in total. The second kappa shape index (κ2) is 5.68. The van der Waals surface area contributed by atoms with Crippen LogP contribution in [0.15, 0.2) is 18.2 Å². The zero-order valence-corrected chi connectivity index (χ0v) is 10.7. The van der Waals surface area contributed by atoms with Crippen molar-refractivity contribution in [1.82, 2.24) is 0 Å². The van der Waals surface area contributed by atoms with Gasteiger partial charge >= 0.3 is 0 Å². The number of benzene rings is 1. The number of ketones is 1. The number of methoxy groups -OCH3 is 1. The van der Waals surface area contributed by atoms with E-state index in [9.17, 15) is 9.59 Å². The highest BCUT2D eigenvalue weighted by atomic mass is 35.5. The third-order valence-corrected chi connectivity index (χ3v) is 2.66. The molecule has 0 bridgehead atoms. The fourth-order valence-corrected chi connectivity index (χ4v) is 1.38. The lowest BCUT2D eigenvalue weighted by atomic mass is 10.1. The standard InChI is InChI=1S/C12H14ClNO3/c1-7(8(2)15)12(16)14-10-6-9(13)4-5-11(10)17-3/h4-7H,1-3H3,(H,14,16). The Labute approximate surface area is 105 Å². The molecule has 4 nitrogen and oxygen atoms in total. The maximum absolute atomic E-state index is 11.7. The van der Waals surface area contributed by atoms with Crippen LogP contribution < -0.4 is 10.1 Å². The molecule has 1 atom stereocenters. The van der Waals surface area contributed by atoms with Gasteiger partial charge in [-0.25, -0.2) is 0 Å². The second-order valence-corrected chi connectivity index (χ2v) is 4.10. The molecule has 0 fully saturated rings. The van der Waals surface area contributed by atoms with Crippen molar-refractivity contribution in [3.8, 4) is 5.75 Å². The normalized spacial score (nSPS) is 11.8. The number of anilines is 1. The van der Waals surface area contributed by atoms with Crippen LogP contribution in [0, 0.1) is 5.92 Å². The molecule has 92 valence electrons. The SMILES string of the molecule is COc1ccc(Cl)cc1NC(=O)C(C)C(C)=O. The van der Waals surface area contributed by atoms with E-state index in [0.717, 1.165) is 0 Å². The zero-order chi connectivity index (χ0) is 13.0. The number of Topliss-reactive ketones (excluding diaryl/α,β-unsaturated/α-hetero) is 1. The summed E-state index contributed by atoms with van der Waals surface area (Å²) in [5, 5.41) is 3.10. The summed E-state index contributed by atoms with van der Waals surface area (Å²) < 4.78 is 5.08. The Bertz CT molecular complexity index is 445. The van der Waals surface area contributed by atoms with Crippen LogP contribution in [0.5, 0.6) is 5.75 Å². The number of hydrogen-bond acceptors (Lipinski definition) is 3. The molecule has 0 aliphatic rings. The first-order valence-electron chi connectivity index (χ1n) is 5.10. The summed E-state index contributed by atoms with van der Waals surface area (Å²) in [7, 11) is 1.49. The van der Waals surface area contributed by atoms with Gasteiger partial charge in [-0.1, -0.05) is 11.6 Å². The smallest absolute Gasteiger partial charge is 0.234 e. The highest BCUT2D eigenvalue weighted by molar-refractivity contribution is 6.31. The number of ether oxygens (including phenoxy) is 1. The molecule has 0 saturated heterocycles. The first-order valence-corrected chi connectivity index (χ1v) is 5.48. The highest BCUT2D eigenvalue weighted by Gasteiger charge is 2.18. The van der Waals surface area contributed by atoms with Gasteiger partial charge in [0.15, 0.2) is 0 Å². The minimum absolute atomic E-state index is 0.191. The third-order valence-electron chi connectivity index (χ3n) is 2.42. The van der Waals surface area contributed by atoms with E-state index in [2.05, 4.69) is 5.32 Å². The van der Waals surface area contributed by atoms with Gasteiger partial charge in [-0.15, -0.1) is 0 Å². The van der Waals surface area contributed by atoms with Crippen LogP contribution in [0.3, 0.4) is 0 Å². The zero-order valence-electron chi connectivity index (χ0n) is 9.91. The lowest BCUT2D eigenvalue weighted by Crippen LogP contribution is -2.25. The Morgan fingerprint density at radius 3 is 2.59 bits per heavy atom. The number of carbonyl (C=O) groups is 2. The van der Waals surface area contributed by atoms with Gasteiger partial charge in [0.2, 0.25) is 5.91 Å². The maximum atomic E-state index is 11.7. The van der Waals surface area contributed by atoms with Gasteiger partial charge in [0, 0.05) is 5.02 Å². The van der Waals surface area contributed by atoms with Crippen LogP contribution >= 0.6 is 11.6 Å². The van der Waals surface area contributed by atoms with Crippen molar-refractivity contribution in [2.75, 3.05) is 12.4 Å². The third kappa shape index (κ3) is 3.46. The Morgan fingerprint density at radius 1 is 1.41 bits per heavy atom. The van der Waals surface area contributed by atoms with Crippen LogP contribution in [0.2, 0.25) is 5.02 Å². The van der Waals surface area contributed by atoms with Crippen LogP contribution in [0.1, 0.15) is 13.8 Å². The lowest BCUT2D eigenvalue weighted by molar-refractivity contribution is -0.129. The summed E-state index contributed by atoms with van der Waals surface area (Å²) in [6.07, 6.45) is 0. The molecule has 1 aromatic carbocycles. The average Bonchev–Trinajstić information content (AvgIpc) is 2.28. The van der Waals surface area contributed by atoms with Crippen molar-refractivity contribution in [3.63, 3.8) is 0 Å². The Kier molecular flexibility index (Phi) is 4.52. The number of carbonyl (C=O) groups excluding carboxylic acids is 2. The Hall–Kier alpha value is -1.55. The van der Waals surface area contributed by atoms with E-state index in [-0.39, 0.29) is 11.7 Å². The van der Waals surface area contributed by atoms with E-state index < -0.39 is 5.92 Å². The minimum atomic E-state index is -0.696. The lowest BCUT2D eigenvalue weighted by Gasteiger charge is -2.12. The van der Waals surface area contributed by atoms with Gasteiger partial charge in [-0.3, -0.25) is 9.59 Å². The van der Waals surface area contributed by atoms with Gasteiger partial charge in [0.05, 0.1) is 18.7 Å². The molecule has 0 aromatic heterocycles. The molecule has 1 unspecified atom stereocenters. The quantitative estimate of drug-likeness (QED) is 0.841. The Balaban J connectivity index is 2.91. The molecule has 5 heteroatoms. The number of hydrogen-bond donors (Lipinski definition) is 1. The predicted molar refractivity (Wildman–Crippen MR) is 66.5 cm³/mol. The Morgan fingerprint density at radius 2 is 2.06 bits per heavy atom. The number of rotatable bonds is 4. The van der Waals surface area contributed by atoms with E-state index in [1.165, 1.54) is 14.0 Å². The maximum Gasteiger partial charge on any atom is 0.234 e.